The second-order valence-electron chi connectivity index (χ2n) is 6.86. The first-order valence-corrected chi connectivity index (χ1v) is 10.8. The lowest BCUT2D eigenvalue weighted by Gasteiger charge is -2.23. The summed E-state index contributed by atoms with van der Waals surface area (Å²) in [5.74, 6) is 0.241. The first-order valence-electron chi connectivity index (χ1n) is 9.61. The second kappa shape index (κ2) is 8.95. The Labute approximate surface area is 179 Å². The van der Waals surface area contributed by atoms with E-state index in [1.165, 1.54) is 4.88 Å². The summed E-state index contributed by atoms with van der Waals surface area (Å²) >= 11 is 7.89. The molecule has 0 saturated carbocycles. The van der Waals surface area contributed by atoms with E-state index in [9.17, 15) is 4.79 Å². The van der Waals surface area contributed by atoms with Crippen molar-refractivity contribution in [3.05, 3.63) is 64.1 Å². The van der Waals surface area contributed by atoms with Crippen molar-refractivity contribution in [3.8, 4) is 16.9 Å². The summed E-state index contributed by atoms with van der Waals surface area (Å²) in [5, 5.41) is 3.95. The fraction of sp³-hybridized carbons (Fsp3) is 0.273. The highest BCUT2D eigenvalue weighted by Crippen LogP contribution is 2.31. The molecule has 150 valence electrons. The van der Waals surface area contributed by atoms with Crippen LogP contribution < -0.4 is 10.1 Å². The molecule has 1 N–H and O–H groups in total. The van der Waals surface area contributed by atoms with E-state index < -0.39 is 0 Å². The van der Waals surface area contributed by atoms with Crippen LogP contribution in [0.2, 0.25) is 5.02 Å². The standard InChI is InChI=1S/C22H22ClN3O2S/c1-2-26-11-10-18-20(13-26)29-22(24-18)25-21(27)14-28-19-9-8-16(12-17(19)23)15-6-4-3-5-7-15/h3-9,12H,2,10-11,13-14H2,1H3,(H,24,25,27). The van der Waals surface area contributed by atoms with E-state index in [4.69, 9.17) is 16.3 Å². The highest BCUT2D eigenvalue weighted by molar-refractivity contribution is 7.15. The van der Waals surface area contributed by atoms with Crippen LogP contribution in [0.5, 0.6) is 5.75 Å². The van der Waals surface area contributed by atoms with E-state index in [-0.39, 0.29) is 12.5 Å². The maximum absolute atomic E-state index is 12.3. The van der Waals surface area contributed by atoms with Crippen molar-refractivity contribution in [1.82, 2.24) is 9.88 Å². The highest BCUT2D eigenvalue weighted by Gasteiger charge is 2.20. The van der Waals surface area contributed by atoms with Gasteiger partial charge in [-0.15, -0.1) is 11.3 Å². The molecule has 2 aromatic carbocycles. The molecule has 0 unspecified atom stereocenters. The largest absolute Gasteiger partial charge is 0.482 e. The Bertz CT molecular complexity index is 1010. The molecule has 2 heterocycles. The number of hydrogen-bond donors (Lipinski definition) is 1. The van der Waals surface area contributed by atoms with E-state index in [1.807, 2.05) is 42.5 Å². The summed E-state index contributed by atoms with van der Waals surface area (Å²) < 4.78 is 5.62. The predicted molar refractivity (Wildman–Crippen MR) is 118 cm³/mol. The number of thiazole rings is 1. The quantitative estimate of drug-likeness (QED) is 0.610. The number of halogens is 1. The summed E-state index contributed by atoms with van der Waals surface area (Å²) in [5.41, 5.74) is 3.17. The molecule has 0 saturated heterocycles. The minimum absolute atomic E-state index is 0.115. The van der Waals surface area contributed by atoms with E-state index in [0.717, 1.165) is 42.9 Å². The molecule has 3 aromatic rings. The number of carbonyl (C=O) groups excluding carboxylic acids is 1. The molecule has 29 heavy (non-hydrogen) atoms. The molecule has 1 aliphatic heterocycles. The molecule has 0 bridgehead atoms. The van der Waals surface area contributed by atoms with Gasteiger partial charge in [0, 0.05) is 24.4 Å². The topological polar surface area (TPSA) is 54.5 Å². The molecular formula is C22H22ClN3O2S. The molecule has 4 rings (SSSR count). The summed E-state index contributed by atoms with van der Waals surface area (Å²) in [6.45, 7) is 4.98. The number of amides is 1. The molecular weight excluding hydrogens is 406 g/mol. The number of fused-ring (bicyclic) bond motifs is 1. The van der Waals surface area contributed by atoms with Crippen LogP contribution in [0.4, 0.5) is 5.13 Å². The summed E-state index contributed by atoms with van der Waals surface area (Å²) in [6, 6.07) is 15.5. The molecule has 1 aromatic heterocycles. The molecule has 0 atom stereocenters. The average Bonchev–Trinajstić information content (AvgIpc) is 3.14. The number of anilines is 1. The number of nitrogens with zero attached hydrogens (tertiary/aromatic N) is 2. The van der Waals surface area contributed by atoms with Gasteiger partial charge < -0.3 is 4.74 Å². The minimum Gasteiger partial charge on any atom is -0.482 e. The van der Waals surface area contributed by atoms with Crippen LogP contribution in [0.3, 0.4) is 0 Å². The van der Waals surface area contributed by atoms with Crippen LogP contribution in [-0.2, 0) is 17.8 Å². The molecule has 0 spiro atoms. The van der Waals surface area contributed by atoms with Crippen LogP contribution in [0.15, 0.2) is 48.5 Å². The van der Waals surface area contributed by atoms with Crippen molar-refractivity contribution in [2.45, 2.75) is 19.9 Å². The summed E-state index contributed by atoms with van der Waals surface area (Å²) in [4.78, 5) is 20.5. The molecule has 1 amide bonds. The maximum Gasteiger partial charge on any atom is 0.264 e. The number of likely N-dealkylation sites (N-methyl/N-ethyl adjacent to an activating group) is 1. The lowest BCUT2D eigenvalue weighted by atomic mass is 10.1. The van der Waals surface area contributed by atoms with Crippen LogP contribution in [0.1, 0.15) is 17.5 Å². The van der Waals surface area contributed by atoms with Gasteiger partial charge in [-0.3, -0.25) is 15.0 Å². The van der Waals surface area contributed by atoms with Crippen molar-refractivity contribution in [2.75, 3.05) is 25.0 Å². The van der Waals surface area contributed by atoms with Crippen LogP contribution in [0.25, 0.3) is 11.1 Å². The van der Waals surface area contributed by atoms with E-state index >= 15 is 0 Å². The number of benzene rings is 2. The Morgan fingerprint density at radius 2 is 2.07 bits per heavy atom. The van der Waals surface area contributed by atoms with Crippen LogP contribution in [-0.4, -0.2) is 35.5 Å². The smallest absolute Gasteiger partial charge is 0.264 e. The number of ether oxygens (including phenoxy) is 1. The van der Waals surface area contributed by atoms with Crippen molar-refractivity contribution in [1.29, 1.82) is 0 Å². The van der Waals surface area contributed by atoms with Gasteiger partial charge in [0.1, 0.15) is 5.75 Å². The Hall–Kier alpha value is -2.41. The van der Waals surface area contributed by atoms with Crippen LogP contribution >= 0.6 is 22.9 Å². The van der Waals surface area contributed by atoms with Crippen molar-refractivity contribution in [2.24, 2.45) is 0 Å². The Balaban J connectivity index is 1.35. The van der Waals surface area contributed by atoms with Gasteiger partial charge in [-0.2, -0.15) is 0 Å². The number of nitrogens with one attached hydrogen (secondary N) is 1. The van der Waals surface area contributed by atoms with Gasteiger partial charge in [-0.05, 0) is 29.8 Å². The SMILES string of the molecule is CCN1CCc2nc(NC(=O)COc3ccc(-c4ccccc4)cc3Cl)sc2C1. The first-order chi connectivity index (χ1) is 14.1. The predicted octanol–water partition coefficient (Wildman–Crippen LogP) is 4.86. The van der Waals surface area contributed by atoms with Crippen molar-refractivity contribution < 1.29 is 9.53 Å². The lowest BCUT2D eigenvalue weighted by molar-refractivity contribution is -0.118. The molecule has 5 nitrogen and oxygen atoms in total. The third-order valence-electron chi connectivity index (χ3n) is 4.90. The Morgan fingerprint density at radius 1 is 1.24 bits per heavy atom. The molecule has 7 heteroatoms. The fourth-order valence-corrected chi connectivity index (χ4v) is 4.60. The van der Waals surface area contributed by atoms with Crippen molar-refractivity contribution >= 4 is 34.0 Å². The molecule has 0 aliphatic carbocycles. The molecule has 0 radical (unpaired) electrons. The Kier molecular flexibility index (Phi) is 6.13. The summed E-state index contributed by atoms with van der Waals surface area (Å²) in [6.07, 6.45) is 0.926. The molecule has 0 fully saturated rings. The molecule has 1 aliphatic rings. The van der Waals surface area contributed by atoms with E-state index in [1.54, 1.807) is 17.4 Å². The zero-order valence-corrected chi connectivity index (χ0v) is 17.7. The average molecular weight is 428 g/mol. The van der Waals surface area contributed by atoms with Gasteiger partial charge in [-0.25, -0.2) is 4.98 Å². The number of aromatic nitrogens is 1. The second-order valence-corrected chi connectivity index (χ2v) is 8.35. The third-order valence-corrected chi connectivity index (χ3v) is 6.19. The highest BCUT2D eigenvalue weighted by atomic mass is 35.5. The zero-order chi connectivity index (χ0) is 20.2. The normalized spacial score (nSPS) is 13.7. The van der Waals surface area contributed by atoms with E-state index in [2.05, 4.69) is 22.1 Å². The van der Waals surface area contributed by atoms with E-state index in [0.29, 0.717) is 15.9 Å². The Morgan fingerprint density at radius 3 is 2.83 bits per heavy atom. The minimum atomic E-state index is -0.244. The number of carbonyl (C=O) groups is 1. The van der Waals surface area contributed by atoms with Gasteiger partial charge in [-0.1, -0.05) is 54.9 Å². The third kappa shape index (κ3) is 4.78. The summed E-state index contributed by atoms with van der Waals surface area (Å²) in [7, 11) is 0. The van der Waals surface area contributed by atoms with Gasteiger partial charge in [0.15, 0.2) is 11.7 Å². The van der Waals surface area contributed by atoms with Gasteiger partial charge in [0.25, 0.3) is 5.91 Å². The van der Waals surface area contributed by atoms with Gasteiger partial charge in [0.05, 0.1) is 10.7 Å². The van der Waals surface area contributed by atoms with Crippen LogP contribution in [0, 0.1) is 0 Å². The lowest BCUT2D eigenvalue weighted by Crippen LogP contribution is -2.29. The fourth-order valence-electron chi connectivity index (χ4n) is 3.30. The zero-order valence-electron chi connectivity index (χ0n) is 16.2. The monoisotopic (exact) mass is 427 g/mol. The first kappa shape index (κ1) is 19.9. The van der Waals surface area contributed by atoms with Gasteiger partial charge in [0.2, 0.25) is 0 Å². The number of rotatable bonds is 6. The maximum atomic E-state index is 12.3. The number of hydrogen-bond acceptors (Lipinski definition) is 5. The van der Waals surface area contributed by atoms with Crippen molar-refractivity contribution in [3.63, 3.8) is 0 Å². The van der Waals surface area contributed by atoms with Gasteiger partial charge >= 0.3 is 0 Å².